The van der Waals surface area contributed by atoms with Crippen molar-refractivity contribution in [1.29, 1.82) is 0 Å². The quantitative estimate of drug-likeness (QED) is 0.571. The molecule has 8 heteroatoms. The van der Waals surface area contributed by atoms with Gasteiger partial charge in [-0.05, 0) is 44.2 Å². The van der Waals surface area contributed by atoms with E-state index in [1.165, 1.54) is 12.8 Å². The number of halogens is 3. The summed E-state index contributed by atoms with van der Waals surface area (Å²) in [7, 11) is 0. The first-order valence-corrected chi connectivity index (χ1v) is 10.2. The summed E-state index contributed by atoms with van der Waals surface area (Å²) < 4.78 is 0. The average Bonchev–Trinajstić information content (AvgIpc) is 3.41. The van der Waals surface area contributed by atoms with Gasteiger partial charge in [-0.2, -0.15) is 0 Å². The fourth-order valence-corrected chi connectivity index (χ4v) is 3.95. The van der Waals surface area contributed by atoms with Gasteiger partial charge in [-0.3, -0.25) is 0 Å². The molecule has 1 fully saturated rings. The van der Waals surface area contributed by atoms with Gasteiger partial charge in [-0.25, -0.2) is 9.97 Å². The van der Waals surface area contributed by atoms with Crippen LogP contribution in [-0.2, 0) is 6.61 Å². The maximum atomic E-state index is 10.1. The zero-order valence-corrected chi connectivity index (χ0v) is 17.7. The highest BCUT2D eigenvalue weighted by molar-refractivity contribution is 6.41. The third kappa shape index (κ3) is 4.96. The molecule has 1 saturated carbocycles. The Morgan fingerprint density at radius 2 is 1.85 bits per heavy atom. The van der Waals surface area contributed by atoms with Crippen LogP contribution in [-0.4, -0.2) is 28.2 Å². The van der Waals surface area contributed by atoms with Crippen molar-refractivity contribution in [3.8, 4) is 0 Å². The van der Waals surface area contributed by atoms with E-state index in [0.717, 1.165) is 25.3 Å². The minimum absolute atomic E-state index is 0.189. The predicted octanol–water partition coefficient (Wildman–Crippen LogP) is 5.61. The molecule has 1 aromatic heterocycles. The second-order valence-electron chi connectivity index (χ2n) is 6.84. The van der Waals surface area contributed by atoms with Crippen LogP contribution in [0, 0.1) is 12.8 Å². The molecule has 1 aliphatic rings. The molecule has 0 atom stereocenters. The molecule has 2 aromatic rings. The second-order valence-corrected chi connectivity index (χ2v) is 8.09. The van der Waals surface area contributed by atoms with Gasteiger partial charge in [0.2, 0.25) is 0 Å². The summed E-state index contributed by atoms with van der Waals surface area (Å²) in [5, 5.41) is 14.5. The van der Waals surface area contributed by atoms with Gasteiger partial charge in [0.05, 0.1) is 27.9 Å². The van der Waals surface area contributed by atoms with Gasteiger partial charge in [-0.15, -0.1) is 0 Å². The predicted molar refractivity (Wildman–Crippen MR) is 113 cm³/mol. The van der Waals surface area contributed by atoms with Gasteiger partial charge in [0.1, 0.15) is 17.5 Å². The van der Waals surface area contributed by atoms with Gasteiger partial charge in [-0.1, -0.05) is 41.7 Å². The molecule has 0 saturated heterocycles. The lowest BCUT2D eigenvalue weighted by atomic mass is 10.2. The largest absolute Gasteiger partial charge is 0.391 e. The van der Waals surface area contributed by atoms with Crippen molar-refractivity contribution in [2.45, 2.75) is 39.7 Å². The summed E-state index contributed by atoms with van der Waals surface area (Å²) in [4.78, 5) is 11.4. The molecule has 0 radical (unpaired) electrons. The lowest BCUT2D eigenvalue weighted by Crippen LogP contribution is -2.29. The summed E-state index contributed by atoms with van der Waals surface area (Å²) in [6, 6.07) is 3.22. The van der Waals surface area contributed by atoms with E-state index in [0.29, 0.717) is 43.9 Å². The van der Waals surface area contributed by atoms with Crippen molar-refractivity contribution in [3.63, 3.8) is 0 Å². The molecule has 3 rings (SSSR count). The Morgan fingerprint density at radius 3 is 2.41 bits per heavy atom. The molecule has 1 aliphatic carbocycles. The molecule has 0 amide bonds. The number of aliphatic hydroxyl groups is 1. The van der Waals surface area contributed by atoms with E-state index in [2.05, 4.69) is 27.1 Å². The Kier molecular flexibility index (Phi) is 6.69. The van der Waals surface area contributed by atoms with Gasteiger partial charge < -0.3 is 15.3 Å². The topological polar surface area (TPSA) is 61.3 Å². The first-order valence-electron chi connectivity index (χ1n) is 9.07. The third-order valence-corrected chi connectivity index (χ3v) is 5.29. The smallest absolute Gasteiger partial charge is 0.141 e. The SMILES string of the molecule is CCCN(CC1CC1)c1nc(C)nc(Nc2c(Cl)cc(Cl)cc2Cl)c1CO. The van der Waals surface area contributed by atoms with Crippen LogP contribution >= 0.6 is 34.8 Å². The van der Waals surface area contributed by atoms with Crippen LogP contribution in [0.15, 0.2) is 12.1 Å². The molecular formula is C19H23Cl3N4O. The Bertz CT molecular complexity index is 804. The summed E-state index contributed by atoms with van der Waals surface area (Å²) in [6.07, 6.45) is 3.50. The van der Waals surface area contributed by atoms with E-state index in [-0.39, 0.29) is 6.61 Å². The van der Waals surface area contributed by atoms with E-state index in [9.17, 15) is 5.11 Å². The minimum Gasteiger partial charge on any atom is -0.391 e. The number of aliphatic hydroxyl groups excluding tert-OH is 1. The Balaban J connectivity index is 2.01. The number of anilines is 3. The summed E-state index contributed by atoms with van der Waals surface area (Å²) in [5.74, 6) is 2.59. The average molecular weight is 430 g/mol. The van der Waals surface area contributed by atoms with Crippen LogP contribution in [0.1, 0.15) is 37.6 Å². The van der Waals surface area contributed by atoms with Crippen LogP contribution in [0.25, 0.3) is 0 Å². The Labute approximate surface area is 174 Å². The molecule has 1 aromatic carbocycles. The van der Waals surface area contributed by atoms with Crippen LogP contribution < -0.4 is 10.2 Å². The third-order valence-electron chi connectivity index (χ3n) is 4.47. The molecule has 5 nitrogen and oxygen atoms in total. The van der Waals surface area contributed by atoms with E-state index in [1.807, 2.05) is 6.92 Å². The number of aryl methyl sites for hydroxylation is 1. The normalized spacial score (nSPS) is 13.7. The standard InChI is InChI=1S/C19H23Cl3N4O/c1-3-6-26(9-12-4-5-12)19-14(10-27)18(23-11(2)24-19)25-17-15(21)7-13(20)8-16(17)22/h7-8,12,27H,3-6,9-10H2,1-2H3,(H,23,24,25). The highest BCUT2D eigenvalue weighted by atomic mass is 35.5. The van der Waals surface area contributed by atoms with E-state index in [1.54, 1.807) is 12.1 Å². The van der Waals surface area contributed by atoms with Crippen LogP contribution in [0.3, 0.4) is 0 Å². The van der Waals surface area contributed by atoms with Crippen molar-refractivity contribution < 1.29 is 5.11 Å². The molecule has 0 spiro atoms. The van der Waals surface area contributed by atoms with Crippen molar-refractivity contribution >= 4 is 52.1 Å². The molecule has 146 valence electrons. The molecule has 0 aliphatic heterocycles. The number of hydrogen-bond donors (Lipinski definition) is 2. The fraction of sp³-hybridized carbons (Fsp3) is 0.474. The molecule has 0 unspecified atom stereocenters. The maximum absolute atomic E-state index is 10.1. The van der Waals surface area contributed by atoms with Gasteiger partial charge in [0.15, 0.2) is 0 Å². The minimum atomic E-state index is -0.189. The van der Waals surface area contributed by atoms with E-state index in [4.69, 9.17) is 34.8 Å². The van der Waals surface area contributed by atoms with Crippen LogP contribution in [0.4, 0.5) is 17.3 Å². The van der Waals surface area contributed by atoms with E-state index >= 15 is 0 Å². The number of benzene rings is 1. The highest BCUT2D eigenvalue weighted by Crippen LogP contribution is 2.38. The van der Waals surface area contributed by atoms with Crippen LogP contribution in [0.2, 0.25) is 15.1 Å². The molecular weight excluding hydrogens is 407 g/mol. The molecule has 0 bridgehead atoms. The summed E-state index contributed by atoms with van der Waals surface area (Å²) in [5.41, 5.74) is 1.14. The maximum Gasteiger partial charge on any atom is 0.141 e. The van der Waals surface area contributed by atoms with Crippen molar-refractivity contribution in [3.05, 3.63) is 38.6 Å². The van der Waals surface area contributed by atoms with Crippen molar-refractivity contribution in [1.82, 2.24) is 9.97 Å². The molecule has 2 N–H and O–H groups in total. The van der Waals surface area contributed by atoms with E-state index < -0.39 is 0 Å². The number of aromatic nitrogens is 2. The highest BCUT2D eigenvalue weighted by Gasteiger charge is 2.27. The number of nitrogens with zero attached hydrogens (tertiary/aromatic N) is 3. The van der Waals surface area contributed by atoms with Gasteiger partial charge >= 0.3 is 0 Å². The van der Waals surface area contributed by atoms with Crippen molar-refractivity contribution in [2.24, 2.45) is 5.92 Å². The monoisotopic (exact) mass is 428 g/mol. The summed E-state index contributed by atoms with van der Waals surface area (Å²) in [6.45, 7) is 5.60. The number of rotatable bonds is 8. The van der Waals surface area contributed by atoms with Crippen molar-refractivity contribution in [2.75, 3.05) is 23.3 Å². The number of nitrogens with one attached hydrogen (secondary N) is 1. The first kappa shape index (κ1) is 20.5. The second kappa shape index (κ2) is 8.82. The zero-order valence-electron chi connectivity index (χ0n) is 15.4. The molecule has 1 heterocycles. The first-order chi connectivity index (χ1) is 12.9. The lowest BCUT2D eigenvalue weighted by molar-refractivity contribution is 0.281. The van der Waals surface area contributed by atoms with Gasteiger partial charge in [0.25, 0.3) is 0 Å². The fourth-order valence-electron chi connectivity index (χ4n) is 3.04. The lowest BCUT2D eigenvalue weighted by Gasteiger charge is -2.27. The number of hydrogen-bond acceptors (Lipinski definition) is 5. The zero-order chi connectivity index (χ0) is 19.6. The van der Waals surface area contributed by atoms with Gasteiger partial charge in [0, 0.05) is 18.1 Å². The Hall–Kier alpha value is -1.27. The molecule has 27 heavy (non-hydrogen) atoms. The Morgan fingerprint density at radius 1 is 1.19 bits per heavy atom. The summed E-state index contributed by atoms with van der Waals surface area (Å²) >= 11 is 18.6. The van der Waals surface area contributed by atoms with Crippen LogP contribution in [0.5, 0.6) is 0 Å².